The molecule has 0 spiro atoms. The summed E-state index contributed by atoms with van der Waals surface area (Å²) < 4.78 is 28.4. The molecule has 0 aliphatic carbocycles. The minimum Gasteiger partial charge on any atom is -0.354 e. The Labute approximate surface area is 248 Å². The second kappa shape index (κ2) is 13.7. The average molecular weight is 631 g/mol. The van der Waals surface area contributed by atoms with E-state index in [1.807, 2.05) is 6.92 Å². The number of amides is 2. The van der Waals surface area contributed by atoms with Gasteiger partial charge in [0.15, 0.2) is 0 Å². The van der Waals surface area contributed by atoms with E-state index in [2.05, 4.69) is 5.32 Å². The van der Waals surface area contributed by atoms with Crippen LogP contribution in [-0.4, -0.2) is 44.3 Å². The number of benzene rings is 3. The van der Waals surface area contributed by atoms with E-state index < -0.39 is 34.4 Å². The van der Waals surface area contributed by atoms with Crippen molar-refractivity contribution in [1.29, 1.82) is 0 Å². The zero-order valence-electron chi connectivity index (χ0n) is 21.2. The number of nitrogens with zero attached hydrogens (tertiary/aromatic N) is 2. The van der Waals surface area contributed by atoms with Crippen LogP contribution in [0.25, 0.3) is 0 Å². The number of hydrogen-bond donors (Lipinski definition) is 1. The number of hydrogen-bond acceptors (Lipinski definition) is 4. The normalized spacial score (nSPS) is 12.1. The highest BCUT2D eigenvalue weighted by Crippen LogP contribution is 2.31. The molecule has 0 aliphatic rings. The molecule has 3 rings (SSSR count). The summed E-state index contributed by atoms with van der Waals surface area (Å²) in [7, 11) is -4.23. The lowest BCUT2D eigenvalue weighted by Crippen LogP contribution is -2.51. The maximum atomic E-state index is 13.9. The summed E-state index contributed by atoms with van der Waals surface area (Å²) in [6, 6.07) is 15.9. The molecule has 0 unspecified atom stereocenters. The summed E-state index contributed by atoms with van der Waals surface area (Å²) in [4.78, 5) is 28.1. The molecule has 3 aromatic carbocycles. The van der Waals surface area contributed by atoms with Gasteiger partial charge in [-0.3, -0.25) is 13.9 Å². The van der Waals surface area contributed by atoms with E-state index >= 15 is 0 Å². The first-order valence-corrected chi connectivity index (χ1v) is 15.0. The molecular weight excluding hydrogens is 604 g/mol. The van der Waals surface area contributed by atoms with Gasteiger partial charge in [-0.05, 0) is 55.8 Å². The van der Waals surface area contributed by atoms with Crippen LogP contribution in [0.3, 0.4) is 0 Å². The van der Waals surface area contributed by atoms with E-state index in [0.717, 1.165) is 4.31 Å². The molecule has 3 aromatic rings. The number of anilines is 1. The lowest BCUT2D eigenvalue weighted by molar-refractivity contribution is -0.139. The van der Waals surface area contributed by atoms with Crippen LogP contribution in [0.1, 0.15) is 25.8 Å². The summed E-state index contributed by atoms with van der Waals surface area (Å²) in [6.45, 7) is 3.11. The third kappa shape index (κ3) is 7.58. The summed E-state index contributed by atoms with van der Waals surface area (Å²) in [6.07, 6.45) is 0.698. The fourth-order valence-electron chi connectivity index (χ4n) is 3.72. The van der Waals surface area contributed by atoms with Crippen molar-refractivity contribution in [1.82, 2.24) is 10.2 Å². The molecule has 0 fully saturated rings. The number of sulfonamides is 1. The molecule has 0 saturated heterocycles. The first-order valence-electron chi connectivity index (χ1n) is 12.0. The number of carbonyl (C=O) groups excluding carboxylic acids is 2. The van der Waals surface area contributed by atoms with E-state index in [4.69, 9.17) is 46.4 Å². The topological polar surface area (TPSA) is 86.8 Å². The fourth-order valence-corrected chi connectivity index (χ4v) is 5.96. The molecule has 1 atom stereocenters. The van der Waals surface area contributed by atoms with Gasteiger partial charge in [0.2, 0.25) is 11.8 Å². The first kappa shape index (κ1) is 31.0. The van der Waals surface area contributed by atoms with E-state index in [-0.39, 0.29) is 27.2 Å². The molecule has 0 aliphatic heterocycles. The van der Waals surface area contributed by atoms with E-state index in [9.17, 15) is 18.0 Å². The monoisotopic (exact) mass is 629 g/mol. The highest BCUT2D eigenvalue weighted by atomic mass is 35.5. The van der Waals surface area contributed by atoms with Crippen LogP contribution >= 0.6 is 46.4 Å². The predicted octanol–water partition coefficient (Wildman–Crippen LogP) is 6.44. The SMILES string of the molecule is CCCNC(=O)[C@@H](C)N(Cc1c(Cl)cccc1Cl)C(=O)CN(c1ccc(Cl)c(Cl)c1)S(=O)(=O)c1ccccc1. The van der Waals surface area contributed by atoms with Gasteiger partial charge in [0.1, 0.15) is 12.6 Å². The van der Waals surface area contributed by atoms with E-state index in [1.54, 1.807) is 43.3 Å². The molecule has 0 radical (unpaired) electrons. The van der Waals surface area contributed by atoms with Crippen LogP contribution in [0.4, 0.5) is 5.69 Å². The number of rotatable bonds is 11. The molecule has 0 bridgehead atoms. The molecule has 0 aromatic heterocycles. The van der Waals surface area contributed by atoms with Gasteiger partial charge >= 0.3 is 0 Å². The predicted molar refractivity (Wildman–Crippen MR) is 157 cm³/mol. The molecular formula is C27H27Cl4N3O4S. The van der Waals surface area contributed by atoms with Crippen molar-refractivity contribution in [3.05, 3.63) is 92.4 Å². The van der Waals surface area contributed by atoms with Gasteiger partial charge < -0.3 is 10.2 Å². The molecule has 0 heterocycles. The summed E-state index contributed by atoms with van der Waals surface area (Å²) >= 11 is 25.0. The second-order valence-electron chi connectivity index (χ2n) is 8.61. The quantitative estimate of drug-likeness (QED) is 0.264. The standard InChI is InChI=1S/C27H27Cl4N3O4S/c1-3-14-32-27(36)18(2)33(16-21-22(28)10-7-11-23(21)29)26(35)17-34(19-12-13-24(30)25(31)15-19)39(37,38)20-8-5-4-6-9-20/h4-13,15,18H,3,14,16-17H2,1-2H3,(H,32,36)/t18-/m1/s1. The van der Waals surface area contributed by atoms with Gasteiger partial charge in [0.25, 0.3) is 10.0 Å². The minimum absolute atomic E-state index is 0.0293. The molecule has 208 valence electrons. The Hall–Kier alpha value is -2.49. The van der Waals surface area contributed by atoms with Gasteiger partial charge in [-0.25, -0.2) is 8.42 Å². The van der Waals surface area contributed by atoms with Gasteiger partial charge in [-0.1, -0.05) is 77.6 Å². The van der Waals surface area contributed by atoms with Crippen molar-refractivity contribution in [2.45, 2.75) is 37.8 Å². The second-order valence-corrected chi connectivity index (χ2v) is 12.1. The summed E-state index contributed by atoms with van der Waals surface area (Å²) in [5, 5.41) is 3.72. The highest BCUT2D eigenvalue weighted by Gasteiger charge is 2.33. The maximum absolute atomic E-state index is 13.9. The van der Waals surface area contributed by atoms with Crippen molar-refractivity contribution in [2.75, 3.05) is 17.4 Å². The van der Waals surface area contributed by atoms with Crippen molar-refractivity contribution in [3.63, 3.8) is 0 Å². The van der Waals surface area contributed by atoms with Gasteiger partial charge in [0.05, 0.1) is 20.6 Å². The maximum Gasteiger partial charge on any atom is 0.264 e. The number of nitrogens with one attached hydrogen (secondary N) is 1. The van der Waals surface area contributed by atoms with E-state index in [0.29, 0.717) is 28.6 Å². The van der Waals surface area contributed by atoms with Crippen molar-refractivity contribution < 1.29 is 18.0 Å². The largest absolute Gasteiger partial charge is 0.354 e. The van der Waals surface area contributed by atoms with Crippen molar-refractivity contribution in [2.24, 2.45) is 0 Å². The zero-order valence-corrected chi connectivity index (χ0v) is 25.0. The fraction of sp³-hybridized carbons (Fsp3) is 0.259. The minimum atomic E-state index is -4.23. The summed E-state index contributed by atoms with van der Waals surface area (Å²) in [5.74, 6) is -1.06. The Morgan fingerprint density at radius 2 is 1.51 bits per heavy atom. The third-order valence-corrected chi connectivity index (χ3v) is 9.14. The van der Waals surface area contributed by atoms with Crippen molar-refractivity contribution in [3.8, 4) is 0 Å². The molecule has 2 amide bonds. The Bertz CT molecular complexity index is 1420. The van der Waals surface area contributed by atoms with Gasteiger partial charge in [-0.2, -0.15) is 0 Å². The van der Waals surface area contributed by atoms with Gasteiger partial charge in [-0.15, -0.1) is 0 Å². The number of halogens is 4. The zero-order chi connectivity index (χ0) is 28.7. The average Bonchev–Trinajstić information content (AvgIpc) is 2.91. The molecule has 39 heavy (non-hydrogen) atoms. The van der Waals surface area contributed by atoms with Crippen LogP contribution < -0.4 is 9.62 Å². The molecule has 7 nitrogen and oxygen atoms in total. The molecule has 1 N–H and O–H groups in total. The van der Waals surface area contributed by atoms with Gasteiger partial charge in [0, 0.05) is 28.7 Å². The lowest BCUT2D eigenvalue weighted by Gasteiger charge is -2.32. The third-order valence-electron chi connectivity index (χ3n) is 5.91. The smallest absolute Gasteiger partial charge is 0.264 e. The lowest BCUT2D eigenvalue weighted by atomic mass is 10.1. The van der Waals surface area contributed by atoms with E-state index in [1.165, 1.54) is 35.2 Å². The summed E-state index contributed by atoms with van der Waals surface area (Å²) in [5.41, 5.74) is 0.553. The van der Waals surface area contributed by atoms with Crippen LogP contribution in [0.5, 0.6) is 0 Å². The number of carbonyl (C=O) groups is 2. The van der Waals surface area contributed by atoms with Crippen LogP contribution in [0.2, 0.25) is 20.1 Å². The van der Waals surface area contributed by atoms with Crippen LogP contribution in [0, 0.1) is 0 Å². The van der Waals surface area contributed by atoms with Crippen LogP contribution in [-0.2, 0) is 26.2 Å². The first-order chi connectivity index (χ1) is 18.5. The Kier molecular flexibility index (Phi) is 10.9. The Morgan fingerprint density at radius 3 is 2.10 bits per heavy atom. The van der Waals surface area contributed by atoms with Crippen LogP contribution in [0.15, 0.2) is 71.6 Å². The molecule has 12 heteroatoms. The Morgan fingerprint density at radius 1 is 0.872 bits per heavy atom. The molecule has 0 saturated carbocycles. The van der Waals surface area contributed by atoms with Crippen molar-refractivity contribution >= 4 is 73.9 Å². The highest BCUT2D eigenvalue weighted by molar-refractivity contribution is 7.92. The Balaban J connectivity index is 2.07.